The van der Waals surface area contributed by atoms with Crippen LogP contribution in [-0.4, -0.2) is 42.4 Å². The van der Waals surface area contributed by atoms with Crippen LogP contribution in [0, 0.1) is 11.3 Å². The Labute approximate surface area is 194 Å². The molecule has 4 aromatic rings. The van der Waals surface area contributed by atoms with Crippen LogP contribution in [0.2, 0.25) is 5.02 Å². The van der Waals surface area contributed by atoms with Gasteiger partial charge in [-0.05, 0) is 32.3 Å². The first-order valence-corrected chi connectivity index (χ1v) is 11.5. The monoisotopic (exact) mass is 462 g/mol. The van der Waals surface area contributed by atoms with Crippen LogP contribution in [0.25, 0.3) is 33.1 Å². The molecule has 2 fully saturated rings. The summed E-state index contributed by atoms with van der Waals surface area (Å²) < 4.78 is 3.25. The smallest absolute Gasteiger partial charge is 0.264 e. The predicted octanol–water partition coefficient (Wildman–Crippen LogP) is 2.89. The second kappa shape index (κ2) is 7.07. The number of nitrogens with one attached hydrogen (secondary N) is 1. The molecule has 1 aromatic carbocycles. The molecule has 3 atom stereocenters. The molecular weight excluding hydrogens is 440 g/mol. The molecule has 168 valence electrons. The lowest BCUT2D eigenvalue weighted by Gasteiger charge is -2.25. The standard InChI is InChI=1S/C23H23ClN8O/c1-3-31-17(9-25)19-15(29-31)6-5-12(20(19)24)13-10-27-21-18(13)22(33)30(2)23(28-21)32-11-4-7-16(32)14(26)8-11/h5-6,10-11,14,16,27H,3-4,7-8,26H2,1-2H3/t11-,14+,16+/m0/s1. The fourth-order valence-corrected chi connectivity index (χ4v) is 6.03. The van der Waals surface area contributed by atoms with E-state index in [9.17, 15) is 10.1 Å². The fourth-order valence-electron chi connectivity index (χ4n) is 5.67. The number of nitrogens with two attached hydrogens (primary N) is 1. The first-order chi connectivity index (χ1) is 15.9. The highest BCUT2D eigenvalue weighted by Gasteiger charge is 2.46. The minimum absolute atomic E-state index is 0.111. The Morgan fingerprint density at radius 1 is 1.30 bits per heavy atom. The number of hydrogen-bond acceptors (Lipinski definition) is 6. The van der Waals surface area contributed by atoms with Gasteiger partial charge in [0, 0.05) is 49.0 Å². The quantitative estimate of drug-likeness (QED) is 0.482. The van der Waals surface area contributed by atoms with Crippen molar-refractivity contribution in [1.82, 2.24) is 24.3 Å². The summed E-state index contributed by atoms with van der Waals surface area (Å²) in [7, 11) is 1.76. The van der Waals surface area contributed by atoms with E-state index in [0.29, 0.717) is 62.3 Å². The molecule has 2 aliphatic rings. The van der Waals surface area contributed by atoms with Gasteiger partial charge in [-0.1, -0.05) is 17.7 Å². The molecule has 10 heteroatoms. The Balaban J connectivity index is 1.55. The number of aromatic nitrogens is 5. The van der Waals surface area contributed by atoms with Gasteiger partial charge >= 0.3 is 0 Å². The molecule has 5 heterocycles. The summed E-state index contributed by atoms with van der Waals surface area (Å²) in [5.41, 5.74) is 9.07. The predicted molar refractivity (Wildman–Crippen MR) is 127 cm³/mol. The van der Waals surface area contributed by atoms with Gasteiger partial charge in [0.25, 0.3) is 5.56 Å². The molecule has 0 amide bonds. The van der Waals surface area contributed by atoms with Gasteiger partial charge in [0.05, 0.1) is 21.3 Å². The molecule has 33 heavy (non-hydrogen) atoms. The highest BCUT2D eigenvalue weighted by molar-refractivity contribution is 6.39. The molecule has 2 saturated heterocycles. The van der Waals surface area contributed by atoms with Gasteiger partial charge in [-0.25, -0.2) is 0 Å². The SMILES string of the molecule is CCn1nc2ccc(-c3c[nH]c4nc(N5[C@H]6CC[C@@H]5[C@H](N)C6)n(C)c(=O)c34)c(Cl)c2c1C#N. The summed E-state index contributed by atoms with van der Waals surface area (Å²) in [5, 5.41) is 15.6. The van der Waals surface area contributed by atoms with E-state index >= 15 is 0 Å². The van der Waals surface area contributed by atoms with Crippen LogP contribution in [0.1, 0.15) is 31.9 Å². The molecule has 9 nitrogen and oxygen atoms in total. The topological polar surface area (TPSA) is 122 Å². The number of anilines is 1. The third-order valence-corrected chi connectivity index (χ3v) is 7.64. The maximum absolute atomic E-state index is 13.6. The van der Waals surface area contributed by atoms with E-state index in [1.165, 1.54) is 0 Å². The normalized spacial score (nSPS) is 22.0. The number of fused-ring (bicyclic) bond motifs is 4. The number of halogens is 1. The van der Waals surface area contributed by atoms with Crippen LogP contribution >= 0.6 is 11.6 Å². The zero-order valence-electron chi connectivity index (χ0n) is 18.3. The lowest BCUT2D eigenvalue weighted by atomic mass is 9.97. The van der Waals surface area contributed by atoms with Crippen molar-refractivity contribution < 1.29 is 0 Å². The third kappa shape index (κ3) is 2.65. The minimum Gasteiger partial charge on any atom is -0.345 e. The number of nitrogens with zero attached hydrogens (tertiary/aromatic N) is 6. The number of H-pyrrole nitrogens is 1. The van der Waals surface area contributed by atoms with Crippen molar-refractivity contribution in [2.24, 2.45) is 12.8 Å². The minimum atomic E-state index is -0.146. The molecule has 3 aromatic heterocycles. The van der Waals surface area contributed by atoms with E-state index in [1.54, 1.807) is 22.5 Å². The summed E-state index contributed by atoms with van der Waals surface area (Å²) >= 11 is 6.81. The van der Waals surface area contributed by atoms with Gasteiger partial charge in [0.15, 0.2) is 0 Å². The molecule has 0 saturated carbocycles. The zero-order chi connectivity index (χ0) is 23.0. The van der Waals surface area contributed by atoms with Crippen molar-refractivity contribution in [3.8, 4) is 17.2 Å². The van der Waals surface area contributed by atoms with Crippen LogP contribution in [0.15, 0.2) is 23.1 Å². The highest BCUT2D eigenvalue weighted by atomic mass is 35.5. The van der Waals surface area contributed by atoms with Gasteiger partial charge < -0.3 is 15.6 Å². The Hall–Kier alpha value is -3.35. The van der Waals surface area contributed by atoms with Crippen LogP contribution < -0.4 is 16.2 Å². The summed E-state index contributed by atoms with van der Waals surface area (Å²) in [6.45, 7) is 2.49. The van der Waals surface area contributed by atoms with Crippen molar-refractivity contribution >= 4 is 39.5 Å². The highest BCUT2D eigenvalue weighted by Crippen LogP contribution is 2.41. The number of nitriles is 1. The van der Waals surface area contributed by atoms with Gasteiger partial charge in [-0.3, -0.25) is 14.0 Å². The van der Waals surface area contributed by atoms with Crippen molar-refractivity contribution in [2.75, 3.05) is 4.90 Å². The number of aryl methyl sites for hydroxylation is 1. The number of rotatable bonds is 3. The fraction of sp³-hybridized carbons (Fsp3) is 0.391. The van der Waals surface area contributed by atoms with Crippen molar-refractivity contribution in [3.05, 3.63) is 39.4 Å². The second-order valence-corrected chi connectivity index (χ2v) is 9.28. The Morgan fingerprint density at radius 2 is 2.12 bits per heavy atom. The Kier molecular flexibility index (Phi) is 4.34. The molecule has 0 radical (unpaired) electrons. The maximum Gasteiger partial charge on any atom is 0.264 e. The summed E-state index contributed by atoms with van der Waals surface area (Å²) in [6, 6.07) is 6.54. The van der Waals surface area contributed by atoms with E-state index in [2.05, 4.69) is 21.1 Å². The summed E-state index contributed by atoms with van der Waals surface area (Å²) in [5.74, 6) is 0.652. The van der Waals surface area contributed by atoms with Crippen molar-refractivity contribution in [1.29, 1.82) is 5.26 Å². The van der Waals surface area contributed by atoms with Gasteiger partial charge in [-0.15, -0.1) is 0 Å². The number of benzene rings is 1. The van der Waals surface area contributed by atoms with Gasteiger partial charge in [-0.2, -0.15) is 15.3 Å². The average molecular weight is 463 g/mol. The summed E-state index contributed by atoms with van der Waals surface area (Å²) in [4.78, 5) is 23.8. The molecule has 6 rings (SSSR count). The van der Waals surface area contributed by atoms with E-state index in [0.717, 1.165) is 19.3 Å². The molecule has 2 bridgehead atoms. The molecule has 0 unspecified atom stereocenters. The number of aromatic amines is 1. The third-order valence-electron chi connectivity index (χ3n) is 7.24. The van der Waals surface area contributed by atoms with Crippen LogP contribution in [-0.2, 0) is 13.6 Å². The lowest BCUT2D eigenvalue weighted by molar-refractivity contribution is 0.503. The average Bonchev–Trinajstić information content (AvgIpc) is 3.56. The lowest BCUT2D eigenvalue weighted by Crippen LogP contribution is -2.40. The Morgan fingerprint density at radius 3 is 2.79 bits per heavy atom. The first-order valence-electron chi connectivity index (χ1n) is 11.2. The Bertz CT molecular complexity index is 1540. The second-order valence-electron chi connectivity index (χ2n) is 8.90. The van der Waals surface area contributed by atoms with E-state index in [4.69, 9.17) is 22.3 Å². The molecule has 3 N–H and O–H groups in total. The van der Waals surface area contributed by atoms with Crippen LogP contribution in [0.3, 0.4) is 0 Å². The largest absolute Gasteiger partial charge is 0.345 e. The van der Waals surface area contributed by atoms with E-state index in [1.807, 2.05) is 19.1 Å². The van der Waals surface area contributed by atoms with Crippen LogP contribution in [0.5, 0.6) is 0 Å². The van der Waals surface area contributed by atoms with E-state index < -0.39 is 0 Å². The molecule has 2 aliphatic heterocycles. The van der Waals surface area contributed by atoms with Gasteiger partial charge in [0.2, 0.25) is 5.95 Å². The zero-order valence-corrected chi connectivity index (χ0v) is 19.1. The first kappa shape index (κ1) is 20.3. The van der Waals surface area contributed by atoms with Gasteiger partial charge in [0.1, 0.15) is 17.4 Å². The summed E-state index contributed by atoms with van der Waals surface area (Å²) in [6.07, 6.45) is 4.79. The molecular formula is C23H23ClN8O. The molecule has 0 aliphatic carbocycles. The maximum atomic E-state index is 13.6. The van der Waals surface area contributed by atoms with Crippen molar-refractivity contribution in [2.45, 2.75) is 50.9 Å². The van der Waals surface area contributed by atoms with Crippen molar-refractivity contribution in [3.63, 3.8) is 0 Å². The molecule has 0 spiro atoms. The van der Waals surface area contributed by atoms with Crippen LogP contribution in [0.4, 0.5) is 5.95 Å². The number of hydrogen-bond donors (Lipinski definition) is 2. The van der Waals surface area contributed by atoms with E-state index in [-0.39, 0.29) is 17.6 Å².